The number of benzene rings is 1. The van der Waals surface area contributed by atoms with Crippen LogP contribution in [0.2, 0.25) is 0 Å². The number of aromatic amines is 1. The maximum atomic E-state index is 12.4. The van der Waals surface area contributed by atoms with Crippen molar-refractivity contribution in [2.24, 2.45) is 0 Å². The lowest BCUT2D eigenvalue weighted by Gasteiger charge is -2.13. The van der Waals surface area contributed by atoms with Crippen LogP contribution in [0.25, 0.3) is 0 Å². The van der Waals surface area contributed by atoms with Crippen molar-refractivity contribution < 1.29 is 8.42 Å². The molecular formula is C14H20N4O2S. The zero-order chi connectivity index (χ0) is 15.3. The van der Waals surface area contributed by atoms with Crippen molar-refractivity contribution in [2.75, 3.05) is 6.54 Å². The lowest BCUT2D eigenvalue weighted by atomic mass is 10.2. The highest BCUT2D eigenvalue weighted by Crippen LogP contribution is 2.16. The van der Waals surface area contributed by atoms with Gasteiger partial charge in [0.05, 0.1) is 11.1 Å². The fourth-order valence-corrected chi connectivity index (χ4v) is 3.26. The molecular weight excluding hydrogens is 288 g/mol. The Hall–Kier alpha value is -1.70. The molecule has 0 amide bonds. The predicted molar refractivity (Wildman–Crippen MR) is 81.1 cm³/mol. The van der Waals surface area contributed by atoms with Gasteiger partial charge in [0.25, 0.3) is 0 Å². The molecule has 1 atom stereocenters. The minimum Gasteiger partial charge on any atom is -0.313 e. The first-order chi connectivity index (χ1) is 10.0. The number of hydrogen-bond donors (Lipinski definition) is 3. The molecule has 0 aliphatic carbocycles. The molecule has 3 N–H and O–H groups in total. The van der Waals surface area contributed by atoms with Crippen LogP contribution in [0.3, 0.4) is 0 Å². The van der Waals surface area contributed by atoms with Gasteiger partial charge in [0.1, 0.15) is 0 Å². The van der Waals surface area contributed by atoms with E-state index < -0.39 is 10.0 Å². The Morgan fingerprint density at radius 1 is 1.38 bits per heavy atom. The third kappa shape index (κ3) is 4.13. The van der Waals surface area contributed by atoms with Gasteiger partial charge in [0.2, 0.25) is 10.0 Å². The highest BCUT2D eigenvalue weighted by molar-refractivity contribution is 7.89. The van der Waals surface area contributed by atoms with E-state index in [1.165, 1.54) is 0 Å². The van der Waals surface area contributed by atoms with E-state index in [-0.39, 0.29) is 10.9 Å². The number of nitrogens with one attached hydrogen (secondary N) is 3. The Kier molecular flexibility index (Phi) is 5.11. The Labute approximate surface area is 125 Å². The van der Waals surface area contributed by atoms with E-state index in [0.29, 0.717) is 6.54 Å². The molecule has 1 aromatic heterocycles. The predicted octanol–water partition coefficient (Wildman–Crippen LogP) is 1.56. The molecule has 0 radical (unpaired) electrons. The second-order valence-corrected chi connectivity index (χ2v) is 6.52. The first kappa shape index (κ1) is 15.7. The largest absolute Gasteiger partial charge is 0.313 e. The highest BCUT2D eigenvalue weighted by Gasteiger charge is 2.19. The molecule has 0 bridgehead atoms. The second-order valence-electron chi connectivity index (χ2n) is 4.80. The standard InChI is InChI=1S/C14H20N4O2S/c1-3-15-8-12-5-4-6-14(7-12)21(19,20)18-11(2)13-9-16-17-10-13/h4-7,9-11,15,18H,3,8H2,1-2H3,(H,16,17). The minimum absolute atomic E-state index is 0.272. The van der Waals surface area contributed by atoms with Gasteiger partial charge in [-0.05, 0) is 31.2 Å². The third-order valence-corrected chi connectivity index (χ3v) is 4.68. The van der Waals surface area contributed by atoms with E-state index in [4.69, 9.17) is 0 Å². The van der Waals surface area contributed by atoms with Crippen molar-refractivity contribution in [3.8, 4) is 0 Å². The first-order valence-electron chi connectivity index (χ1n) is 6.83. The zero-order valence-corrected chi connectivity index (χ0v) is 12.9. The van der Waals surface area contributed by atoms with Crippen molar-refractivity contribution >= 4 is 10.0 Å². The minimum atomic E-state index is -3.55. The summed E-state index contributed by atoms with van der Waals surface area (Å²) in [5.74, 6) is 0. The lowest BCUT2D eigenvalue weighted by molar-refractivity contribution is 0.566. The van der Waals surface area contributed by atoms with E-state index in [0.717, 1.165) is 17.7 Å². The summed E-state index contributed by atoms with van der Waals surface area (Å²) in [5, 5.41) is 9.68. The summed E-state index contributed by atoms with van der Waals surface area (Å²) < 4.78 is 27.5. The van der Waals surface area contributed by atoms with Gasteiger partial charge < -0.3 is 5.32 Å². The molecule has 1 heterocycles. The summed E-state index contributed by atoms with van der Waals surface area (Å²) >= 11 is 0. The Balaban J connectivity index is 2.15. The van der Waals surface area contributed by atoms with E-state index in [1.54, 1.807) is 37.5 Å². The van der Waals surface area contributed by atoms with Crippen LogP contribution in [0, 0.1) is 0 Å². The molecule has 2 rings (SSSR count). The summed E-state index contributed by atoms with van der Waals surface area (Å²) in [4.78, 5) is 0.272. The zero-order valence-electron chi connectivity index (χ0n) is 12.1. The number of H-pyrrole nitrogens is 1. The van der Waals surface area contributed by atoms with Gasteiger partial charge >= 0.3 is 0 Å². The fourth-order valence-electron chi connectivity index (χ4n) is 1.96. The maximum Gasteiger partial charge on any atom is 0.241 e. The number of aromatic nitrogens is 2. The Morgan fingerprint density at radius 3 is 2.86 bits per heavy atom. The molecule has 114 valence electrons. The molecule has 0 aliphatic heterocycles. The molecule has 2 aromatic rings. The molecule has 0 fully saturated rings. The van der Waals surface area contributed by atoms with Gasteiger partial charge in [-0.15, -0.1) is 0 Å². The SMILES string of the molecule is CCNCc1cccc(S(=O)(=O)NC(C)c2cn[nH]c2)c1. The number of sulfonamides is 1. The normalized spacial score (nSPS) is 13.2. The summed E-state index contributed by atoms with van der Waals surface area (Å²) in [6.45, 7) is 5.28. The number of rotatable bonds is 7. The fraction of sp³-hybridized carbons (Fsp3) is 0.357. The molecule has 7 heteroatoms. The second kappa shape index (κ2) is 6.84. The molecule has 0 saturated carbocycles. The van der Waals surface area contributed by atoms with Crippen LogP contribution < -0.4 is 10.0 Å². The molecule has 0 aliphatic rings. The van der Waals surface area contributed by atoms with Crippen LogP contribution in [-0.2, 0) is 16.6 Å². The highest BCUT2D eigenvalue weighted by atomic mass is 32.2. The summed E-state index contributed by atoms with van der Waals surface area (Å²) in [5.41, 5.74) is 1.73. The number of nitrogens with zero attached hydrogens (tertiary/aromatic N) is 1. The van der Waals surface area contributed by atoms with Gasteiger partial charge in [-0.1, -0.05) is 19.1 Å². The molecule has 1 aromatic carbocycles. The van der Waals surface area contributed by atoms with E-state index >= 15 is 0 Å². The molecule has 0 saturated heterocycles. The Bertz CT molecular complexity index is 668. The molecule has 0 spiro atoms. The van der Waals surface area contributed by atoms with Crippen LogP contribution in [0.5, 0.6) is 0 Å². The van der Waals surface area contributed by atoms with Gasteiger partial charge in [-0.2, -0.15) is 5.10 Å². The van der Waals surface area contributed by atoms with Gasteiger partial charge in [-0.25, -0.2) is 13.1 Å². The third-order valence-electron chi connectivity index (χ3n) is 3.14. The first-order valence-corrected chi connectivity index (χ1v) is 8.32. The summed E-state index contributed by atoms with van der Waals surface area (Å²) in [6, 6.07) is 6.60. The van der Waals surface area contributed by atoms with Crippen molar-refractivity contribution in [3.63, 3.8) is 0 Å². The smallest absolute Gasteiger partial charge is 0.241 e. The van der Waals surface area contributed by atoms with Gasteiger partial charge in [-0.3, -0.25) is 5.10 Å². The lowest BCUT2D eigenvalue weighted by Crippen LogP contribution is -2.26. The van der Waals surface area contributed by atoms with Crippen molar-refractivity contribution in [1.82, 2.24) is 20.2 Å². The topological polar surface area (TPSA) is 86.9 Å². The summed E-state index contributed by atoms with van der Waals surface area (Å²) in [6.07, 6.45) is 3.28. The average molecular weight is 308 g/mol. The molecule has 21 heavy (non-hydrogen) atoms. The van der Waals surface area contributed by atoms with Crippen LogP contribution in [-0.4, -0.2) is 25.2 Å². The molecule has 6 nitrogen and oxygen atoms in total. The van der Waals surface area contributed by atoms with Crippen LogP contribution >= 0.6 is 0 Å². The van der Waals surface area contributed by atoms with Crippen molar-refractivity contribution in [2.45, 2.75) is 31.3 Å². The summed E-state index contributed by atoms with van der Waals surface area (Å²) in [7, 11) is -3.55. The number of hydrogen-bond acceptors (Lipinski definition) is 4. The average Bonchev–Trinajstić information content (AvgIpc) is 2.99. The van der Waals surface area contributed by atoms with Crippen LogP contribution in [0.15, 0.2) is 41.6 Å². The van der Waals surface area contributed by atoms with Crippen molar-refractivity contribution in [3.05, 3.63) is 47.8 Å². The maximum absolute atomic E-state index is 12.4. The van der Waals surface area contributed by atoms with Gasteiger partial charge in [0, 0.05) is 24.3 Å². The van der Waals surface area contributed by atoms with Crippen LogP contribution in [0.4, 0.5) is 0 Å². The van der Waals surface area contributed by atoms with E-state index in [2.05, 4.69) is 20.2 Å². The van der Waals surface area contributed by atoms with Crippen molar-refractivity contribution in [1.29, 1.82) is 0 Å². The van der Waals surface area contributed by atoms with Crippen LogP contribution in [0.1, 0.15) is 31.0 Å². The van der Waals surface area contributed by atoms with Gasteiger partial charge in [0.15, 0.2) is 0 Å². The van der Waals surface area contributed by atoms with E-state index in [9.17, 15) is 8.42 Å². The molecule has 1 unspecified atom stereocenters. The Morgan fingerprint density at radius 2 is 2.19 bits per heavy atom. The quantitative estimate of drug-likeness (QED) is 0.724. The van der Waals surface area contributed by atoms with E-state index in [1.807, 2.05) is 13.0 Å². The monoisotopic (exact) mass is 308 g/mol.